The molecule has 0 saturated carbocycles. The Hall–Kier alpha value is -3.43. The van der Waals surface area contributed by atoms with E-state index in [1.54, 1.807) is 45.6 Å². The highest BCUT2D eigenvalue weighted by Crippen LogP contribution is 2.43. The van der Waals surface area contributed by atoms with Crippen molar-refractivity contribution < 1.29 is 28.3 Å². The van der Waals surface area contributed by atoms with E-state index < -0.39 is 6.04 Å². The fraction of sp³-hybridized carbons (Fsp3) is 0.333. The third-order valence-electron chi connectivity index (χ3n) is 5.30. The van der Waals surface area contributed by atoms with E-state index in [2.05, 4.69) is 10.5 Å². The number of hydrogen-bond donors (Lipinski definition) is 2. The van der Waals surface area contributed by atoms with Crippen LogP contribution in [0.25, 0.3) is 22.4 Å². The Kier molecular flexibility index (Phi) is 9.17. The summed E-state index contributed by atoms with van der Waals surface area (Å²) in [7, 11) is 6.17. The van der Waals surface area contributed by atoms with Gasteiger partial charge in [-0.05, 0) is 35.7 Å². The number of nitrogens with two attached hydrogens (primary N) is 1. The number of ether oxygens (including phenoxy) is 4. The van der Waals surface area contributed by atoms with Crippen molar-refractivity contribution in [1.29, 1.82) is 0 Å². The Morgan fingerprint density at radius 1 is 0.941 bits per heavy atom. The first kappa shape index (κ1) is 26.8. The first-order valence-electron chi connectivity index (χ1n) is 10.3. The van der Waals surface area contributed by atoms with Crippen LogP contribution in [0.5, 0.6) is 23.0 Å². The van der Waals surface area contributed by atoms with E-state index in [0.717, 1.165) is 5.56 Å². The first-order valence-corrected chi connectivity index (χ1v) is 10.3. The maximum Gasteiger partial charge on any atom is 0.241 e. The fourth-order valence-corrected chi connectivity index (χ4v) is 3.36. The average Bonchev–Trinajstić information content (AvgIpc) is 3.32. The number of nitrogens with zero attached hydrogens (tertiary/aromatic N) is 1. The van der Waals surface area contributed by atoms with Crippen LogP contribution in [0.2, 0.25) is 0 Å². The Labute approximate surface area is 204 Å². The normalized spacial score (nSPS) is 11.4. The quantitative estimate of drug-likeness (QED) is 0.452. The molecule has 0 saturated heterocycles. The predicted molar refractivity (Wildman–Crippen MR) is 132 cm³/mol. The van der Waals surface area contributed by atoms with Crippen molar-refractivity contribution in [2.45, 2.75) is 19.9 Å². The van der Waals surface area contributed by atoms with Crippen molar-refractivity contribution in [3.05, 3.63) is 36.6 Å². The molecule has 184 valence electrons. The highest BCUT2D eigenvalue weighted by atomic mass is 35.5. The maximum atomic E-state index is 12.5. The molecular formula is C24H30ClN3O6. The van der Waals surface area contributed by atoms with Gasteiger partial charge in [0, 0.05) is 11.1 Å². The fourth-order valence-electron chi connectivity index (χ4n) is 3.36. The number of hydrogen-bond acceptors (Lipinski definition) is 8. The van der Waals surface area contributed by atoms with E-state index in [1.807, 2.05) is 19.9 Å². The summed E-state index contributed by atoms with van der Waals surface area (Å²) in [5.74, 6) is 1.66. The monoisotopic (exact) mass is 491 g/mol. The summed E-state index contributed by atoms with van der Waals surface area (Å²) in [4.78, 5) is 12.5. The molecular weight excluding hydrogens is 462 g/mol. The Bertz CT molecular complexity index is 1110. The van der Waals surface area contributed by atoms with Gasteiger partial charge in [-0.15, -0.1) is 12.4 Å². The molecule has 0 aliphatic rings. The van der Waals surface area contributed by atoms with Crippen molar-refractivity contribution >= 4 is 24.0 Å². The van der Waals surface area contributed by atoms with Crippen LogP contribution >= 0.6 is 12.4 Å². The van der Waals surface area contributed by atoms with Gasteiger partial charge in [-0.3, -0.25) is 4.79 Å². The number of benzene rings is 2. The van der Waals surface area contributed by atoms with E-state index in [4.69, 9.17) is 29.2 Å². The molecule has 0 spiro atoms. The van der Waals surface area contributed by atoms with Crippen LogP contribution in [0.3, 0.4) is 0 Å². The minimum absolute atomic E-state index is 0. The third kappa shape index (κ3) is 5.37. The number of anilines is 1. The standard InChI is InChI=1S/C24H29N3O6.ClH/c1-13(2)21(25)24(28)26-17-9-14(7-8-18(17)29-3)16-12-33-27-22(16)15-10-19(30-4)23(32-6)20(11-15)31-5;/h7-13,21H,25H2,1-6H3,(H,26,28);1H. The molecule has 10 heteroatoms. The molecule has 3 rings (SSSR count). The van der Waals surface area contributed by atoms with Crippen LogP contribution in [0, 0.1) is 5.92 Å². The summed E-state index contributed by atoms with van der Waals surface area (Å²) >= 11 is 0. The topological polar surface area (TPSA) is 118 Å². The minimum Gasteiger partial charge on any atom is -0.495 e. The molecule has 3 aromatic rings. The number of halogens is 1. The van der Waals surface area contributed by atoms with Gasteiger partial charge in [0.05, 0.1) is 40.2 Å². The Morgan fingerprint density at radius 3 is 2.09 bits per heavy atom. The number of carbonyl (C=O) groups excluding carboxylic acids is 1. The van der Waals surface area contributed by atoms with Crippen LogP contribution in [-0.2, 0) is 4.79 Å². The maximum absolute atomic E-state index is 12.5. The lowest BCUT2D eigenvalue weighted by Crippen LogP contribution is -2.39. The summed E-state index contributed by atoms with van der Waals surface area (Å²) in [6.45, 7) is 3.78. The summed E-state index contributed by atoms with van der Waals surface area (Å²) < 4.78 is 27.0. The zero-order valence-electron chi connectivity index (χ0n) is 20.0. The molecule has 2 aromatic carbocycles. The summed E-state index contributed by atoms with van der Waals surface area (Å²) in [5, 5.41) is 7.05. The molecule has 0 bridgehead atoms. The second-order valence-electron chi connectivity index (χ2n) is 7.66. The van der Waals surface area contributed by atoms with Crippen LogP contribution in [0.1, 0.15) is 13.8 Å². The van der Waals surface area contributed by atoms with E-state index in [1.165, 1.54) is 13.4 Å². The average molecular weight is 492 g/mol. The molecule has 1 atom stereocenters. The summed E-state index contributed by atoms with van der Waals surface area (Å²) in [5.41, 5.74) is 9.23. The predicted octanol–water partition coefficient (Wildman–Crippen LogP) is 4.39. The number of methoxy groups -OCH3 is 4. The number of carbonyl (C=O) groups is 1. The van der Waals surface area contributed by atoms with Crippen LogP contribution in [0.4, 0.5) is 5.69 Å². The molecule has 3 N–H and O–H groups in total. The number of aromatic nitrogens is 1. The third-order valence-corrected chi connectivity index (χ3v) is 5.30. The molecule has 34 heavy (non-hydrogen) atoms. The summed E-state index contributed by atoms with van der Waals surface area (Å²) in [6.07, 6.45) is 1.53. The number of amides is 1. The second-order valence-corrected chi connectivity index (χ2v) is 7.66. The van der Waals surface area contributed by atoms with Gasteiger partial charge in [-0.25, -0.2) is 0 Å². The van der Waals surface area contributed by atoms with Gasteiger partial charge in [0.15, 0.2) is 11.5 Å². The van der Waals surface area contributed by atoms with Crippen LogP contribution in [0.15, 0.2) is 41.1 Å². The molecule has 0 radical (unpaired) electrons. The highest BCUT2D eigenvalue weighted by molar-refractivity contribution is 5.97. The van der Waals surface area contributed by atoms with Gasteiger partial charge in [0.25, 0.3) is 0 Å². The van der Waals surface area contributed by atoms with Gasteiger partial charge in [-0.2, -0.15) is 0 Å². The summed E-state index contributed by atoms with van der Waals surface area (Å²) in [6, 6.07) is 8.33. The first-order chi connectivity index (χ1) is 15.8. The van der Waals surface area contributed by atoms with Gasteiger partial charge in [0.2, 0.25) is 11.7 Å². The van der Waals surface area contributed by atoms with Gasteiger partial charge in [-0.1, -0.05) is 25.1 Å². The number of rotatable bonds is 9. The zero-order chi connectivity index (χ0) is 24.1. The lowest BCUT2D eigenvalue weighted by Gasteiger charge is -2.17. The lowest BCUT2D eigenvalue weighted by molar-refractivity contribution is -0.118. The van der Waals surface area contributed by atoms with Crippen molar-refractivity contribution in [2.24, 2.45) is 11.7 Å². The van der Waals surface area contributed by atoms with Gasteiger partial charge >= 0.3 is 0 Å². The molecule has 1 heterocycles. The van der Waals surface area contributed by atoms with E-state index in [-0.39, 0.29) is 24.2 Å². The second kappa shape index (κ2) is 11.6. The van der Waals surface area contributed by atoms with E-state index in [9.17, 15) is 4.79 Å². The molecule has 0 aliphatic carbocycles. The van der Waals surface area contributed by atoms with Crippen molar-refractivity contribution in [1.82, 2.24) is 5.16 Å². The van der Waals surface area contributed by atoms with Gasteiger partial charge in [0.1, 0.15) is 17.7 Å². The van der Waals surface area contributed by atoms with Crippen molar-refractivity contribution in [2.75, 3.05) is 33.8 Å². The number of nitrogens with one attached hydrogen (secondary N) is 1. The van der Waals surface area contributed by atoms with Gasteiger partial charge < -0.3 is 34.5 Å². The van der Waals surface area contributed by atoms with Crippen LogP contribution in [-0.4, -0.2) is 45.5 Å². The molecule has 0 aliphatic heterocycles. The lowest BCUT2D eigenvalue weighted by atomic mass is 10.00. The smallest absolute Gasteiger partial charge is 0.241 e. The zero-order valence-corrected chi connectivity index (χ0v) is 20.8. The molecule has 1 amide bonds. The van der Waals surface area contributed by atoms with Crippen molar-refractivity contribution in [3.8, 4) is 45.4 Å². The molecule has 9 nitrogen and oxygen atoms in total. The van der Waals surface area contributed by atoms with E-state index >= 15 is 0 Å². The molecule has 1 aromatic heterocycles. The van der Waals surface area contributed by atoms with Crippen LogP contribution < -0.4 is 30.0 Å². The molecule has 1 unspecified atom stereocenters. The largest absolute Gasteiger partial charge is 0.495 e. The Morgan fingerprint density at radius 2 is 1.56 bits per heavy atom. The van der Waals surface area contributed by atoms with E-state index in [0.29, 0.717) is 45.5 Å². The SMILES string of the molecule is COc1ccc(-c2conc2-c2cc(OC)c(OC)c(OC)c2)cc1NC(=O)C(N)C(C)C.Cl. The van der Waals surface area contributed by atoms with Crippen molar-refractivity contribution in [3.63, 3.8) is 0 Å². The molecule has 0 fully saturated rings. The minimum atomic E-state index is -0.649. The highest BCUT2D eigenvalue weighted by Gasteiger charge is 2.22. The Balaban J connectivity index is 0.00000408.